The van der Waals surface area contributed by atoms with E-state index in [0.717, 1.165) is 139 Å². The van der Waals surface area contributed by atoms with Crippen LogP contribution < -0.4 is 0 Å². The first-order valence-electron chi connectivity index (χ1n) is 30.5. The van der Waals surface area contributed by atoms with Crippen molar-refractivity contribution in [2.75, 3.05) is 0 Å². The average Bonchev–Trinajstić information content (AvgIpc) is 2.29. The van der Waals surface area contributed by atoms with Crippen LogP contribution in [0.4, 0.5) is 0 Å². The van der Waals surface area contributed by atoms with Crippen LogP contribution in [0, 0.1) is 6.92 Å². The molecule has 0 unspecified atom stereocenters. The van der Waals surface area contributed by atoms with Gasteiger partial charge in [0.1, 0.15) is 0 Å². The molecular formula is C85H56N4. The van der Waals surface area contributed by atoms with Gasteiger partial charge in [0.25, 0.3) is 0 Å². The van der Waals surface area contributed by atoms with Crippen molar-refractivity contribution < 1.29 is 0 Å². The summed E-state index contributed by atoms with van der Waals surface area (Å²) in [5, 5.41) is 9.50. The number of fused-ring (bicyclic) bond motifs is 12. The highest BCUT2D eigenvalue weighted by Crippen LogP contribution is 2.48. The molecule has 0 saturated carbocycles. The predicted octanol–water partition coefficient (Wildman–Crippen LogP) is 22.9. The molecule has 0 amide bonds. The lowest BCUT2D eigenvalue weighted by atomic mass is 9.88. The summed E-state index contributed by atoms with van der Waals surface area (Å²) in [6.45, 7) is 2.24. The van der Waals surface area contributed by atoms with Crippen LogP contribution in [0.2, 0.25) is 0 Å². The van der Waals surface area contributed by atoms with Gasteiger partial charge in [0.2, 0.25) is 0 Å². The van der Waals surface area contributed by atoms with Gasteiger partial charge in [0.15, 0.2) is 0 Å². The van der Waals surface area contributed by atoms with Crippen molar-refractivity contribution in [3.8, 4) is 89.0 Å². The standard InChI is InChI=1S/C85H56N4/c1-53-21-16-44-69(65-43-20-29-57-25-5-9-33-61(57)65)81(53)85-79-51-49-77(88-79)83(71-38-14-11-35-67(71)63-41-18-27-55-23-3-7-31-59(55)63)75-47-45-73(86-75)82(70-37-13-10-34-66(70)62-40-17-26-54-22-2-6-30-58(54)62)74-46-48-76(87-74)84(78-50-52-80(85)89-78)72-39-15-12-36-68(72)64-42-19-28-56-24-4-8-32-60(56)64/h2-52,86,89H,1H3. The number of hydrogen-bond donors (Lipinski definition) is 2. The van der Waals surface area contributed by atoms with Crippen LogP contribution in [0.5, 0.6) is 0 Å². The zero-order valence-electron chi connectivity index (χ0n) is 48.8. The van der Waals surface area contributed by atoms with Gasteiger partial charge in [-0.25, -0.2) is 9.97 Å². The molecule has 89 heavy (non-hydrogen) atoms. The summed E-state index contributed by atoms with van der Waals surface area (Å²) >= 11 is 0. The summed E-state index contributed by atoms with van der Waals surface area (Å²) in [6, 6.07) is 104. The van der Waals surface area contributed by atoms with E-state index < -0.39 is 0 Å². The molecule has 8 bridgehead atoms. The molecular weight excluding hydrogens is 1080 g/mol. The van der Waals surface area contributed by atoms with Crippen molar-refractivity contribution in [2.45, 2.75) is 6.92 Å². The first kappa shape index (κ1) is 51.7. The Morgan fingerprint density at radius 2 is 0.449 bits per heavy atom. The van der Waals surface area contributed by atoms with Crippen molar-refractivity contribution in [1.82, 2.24) is 19.9 Å². The summed E-state index contributed by atoms with van der Waals surface area (Å²) in [5.41, 5.74) is 25.6. The molecule has 12 aromatic carbocycles. The van der Waals surface area contributed by atoms with E-state index in [0.29, 0.717) is 0 Å². The second-order valence-corrected chi connectivity index (χ2v) is 23.2. The predicted molar refractivity (Wildman–Crippen MR) is 377 cm³/mol. The SMILES string of the molecule is Cc1cccc(-c2cccc3ccccc23)c1-c1c2nc(c(-c3ccccc3-c3cccc4ccccc34)c3ccc([nH]3)c(-c3ccccc3-c3cccc4ccccc34)c3nc(c(-c4ccccc4-c4cccc5ccccc45)c4ccc1[nH]4)C=C3)C=C2. The van der Waals surface area contributed by atoms with E-state index in [-0.39, 0.29) is 0 Å². The summed E-state index contributed by atoms with van der Waals surface area (Å²) in [6.07, 6.45) is 8.91. The van der Waals surface area contributed by atoms with Crippen molar-refractivity contribution in [1.29, 1.82) is 0 Å². The summed E-state index contributed by atoms with van der Waals surface area (Å²) in [7, 11) is 0. The molecule has 3 aromatic heterocycles. The van der Waals surface area contributed by atoms with E-state index in [9.17, 15) is 0 Å². The van der Waals surface area contributed by atoms with E-state index in [1.807, 2.05) is 0 Å². The molecule has 0 aliphatic carbocycles. The topological polar surface area (TPSA) is 57.4 Å². The maximum atomic E-state index is 5.95. The van der Waals surface area contributed by atoms with E-state index in [4.69, 9.17) is 9.97 Å². The molecule has 17 rings (SSSR count). The number of hydrogen-bond acceptors (Lipinski definition) is 2. The molecule has 0 saturated heterocycles. The Labute approximate surface area is 515 Å². The van der Waals surface area contributed by atoms with Gasteiger partial charge in [0, 0.05) is 44.3 Å². The van der Waals surface area contributed by atoms with Gasteiger partial charge in [-0.3, -0.25) is 0 Å². The molecule has 4 nitrogen and oxygen atoms in total. The number of rotatable bonds is 8. The lowest BCUT2D eigenvalue weighted by molar-refractivity contribution is 1.31. The Kier molecular flexibility index (Phi) is 12.4. The highest BCUT2D eigenvalue weighted by molar-refractivity contribution is 6.11. The van der Waals surface area contributed by atoms with Gasteiger partial charge in [0.05, 0.1) is 22.8 Å². The molecule has 2 aliphatic heterocycles. The van der Waals surface area contributed by atoms with Crippen LogP contribution in [0.25, 0.3) is 178 Å². The minimum atomic E-state index is 0.846. The fourth-order valence-electron chi connectivity index (χ4n) is 14.2. The zero-order chi connectivity index (χ0) is 58.9. The second-order valence-electron chi connectivity index (χ2n) is 23.2. The first-order chi connectivity index (χ1) is 44.1. The normalized spacial score (nSPS) is 12.0. The van der Waals surface area contributed by atoms with Gasteiger partial charge < -0.3 is 9.97 Å². The number of nitrogens with zero attached hydrogens (tertiary/aromatic N) is 2. The largest absolute Gasteiger partial charge is 0.354 e. The van der Waals surface area contributed by atoms with Crippen LogP contribution in [-0.2, 0) is 0 Å². The Hall–Kier alpha value is -11.7. The lowest BCUT2D eigenvalue weighted by Crippen LogP contribution is -1.95. The average molecular weight is 1130 g/mol. The van der Waals surface area contributed by atoms with Crippen LogP contribution in [0.15, 0.2) is 285 Å². The third kappa shape index (κ3) is 8.75. The first-order valence-corrected chi connectivity index (χ1v) is 30.5. The number of benzene rings is 12. The third-order valence-electron chi connectivity index (χ3n) is 18.2. The second kappa shape index (κ2) is 21.4. The summed E-state index contributed by atoms with van der Waals surface area (Å²) in [5.74, 6) is 0. The van der Waals surface area contributed by atoms with Crippen molar-refractivity contribution in [3.63, 3.8) is 0 Å². The maximum absolute atomic E-state index is 5.95. The minimum Gasteiger partial charge on any atom is -0.354 e. The molecule has 4 heteroatoms. The fraction of sp³-hybridized carbons (Fsp3) is 0.0118. The highest BCUT2D eigenvalue weighted by Gasteiger charge is 2.25. The van der Waals surface area contributed by atoms with Gasteiger partial charge in [-0.05, 0) is 171 Å². The molecule has 0 spiro atoms. The van der Waals surface area contributed by atoms with Gasteiger partial charge in [-0.15, -0.1) is 0 Å². The van der Waals surface area contributed by atoms with Gasteiger partial charge >= 0.3 is 0 Å². The Morgan fingerprint density at radius 1 is 0.202 bits per heavy atom. The molecule has 2 aliphatic rings. The Bertz CT molecular complexity index is 5510. The third-order valence-corrected chi connectivity index (χ3v) is 18.2. The molecule has 416 valence electrons. The Balaban J connectivity index is 1.04. The number of H-pyrrole nitrogens is 2. The van der Waals surface area contributed by atoms with Crippen LogP contribution in [-0.4, -0.2) is 19.9 Å². The van der Waals surface area contributed by atoms with E-state index in [1.165, 1.54) is 43.1 Å². The lowest BCUT2D eigenvalue weighted by Gasteiger charge is -2.16. The van der Waals surface area contributed by atoms with E-state index in [2.05, 4.69) is 326 Å². The molecule has 0 radical (unpaired) electrons. The molecule has 5 heterocycles. The van der Waals surface area contributed by atoms with Crippen molar-refractivity contribution >= 4 is 89.5 Å². The van der Waals surface area contributed by atoms with Crippen molar-refractivity contribution in [2.24, 2.45) is 0 Å². The van der Waals surface area contributed by atoms with Crippen LogP contribution >= 0.6 is 0 Å². The van der Waals surface area contributed by atoms with Crippen LogP contribution in [0.3, 0.4) is 0 Å². The van der Waals surface area contributed by atoms with Crippen molar-refractivity contribution in [3.05, 3.63) is 313 Å². The van der Waals surface area contributed by atoms with Gasteiger partial charge in [-0.1, -0.05) is 261 Å². The summed E-state index contributed by atoms with van der Waals surface area (Å²) in [4.78, 5) is 20.2. The quantitative estimate of drug-likeness (QED) is 0.159. The summed E-state index contributed by atoms with van der Waals surface area (Å²) < 4.78 is 0. The Morgan fingerprint density at radius 3 is 0.809 bits per heavy atom. The zero-order valence-corrected chi connectivity index (χ0v) is 48.8. The van der Waals surface area contributed by atoms with E-state index >= 15 is 0 Å². The van der Waals surface area contributed by atoms with Crippen LogP contribution in [0.1, 0.15) is 28.3 Å². The smallest absolute Gasteiger partial charge is 0.0737 e. The maximum Gasteiger partial charge on any atom is 0.0737 e. The molecule has 0 atom stereocenters. The number of aryl methyl sites for hydroxylation is 1. The fourth-order valence-corrected chi connectivity index (χ4v) is 14.2. The minimum absolute atomic E-state index is 0.846. The van der Waals surface area contributed by atoms with Gasteiger partial charge in [-0.2, -0.15) is 0 Å². The van der Waals surface area contributed by atoms with E-state index in [1.54, 1.807) is 0 Å². The molecule has 0 fully saturated rings. The number of aromatic amines is 2. The highest BCUT2D eigenvalue weighted by atomic mass is 14.8. The number of nitrogens with one attached hydrogen (secondary N) is 2. The molecule has 2 N–H and O–H groups in total. The monoisotopic (exact) mass is 1130 g/mol. The number of aromatic nitrogens is 4. The molecule has 15 aromatic rings.